The van der Waals surface area contributed by atoms with E-state index in [1.54, 1.807) is 29.4 Å². The smallest absolute Gasteiger partial charge is 0.256 e. The lowest BCUT2D eigenvalue weighted by molar-refractivity contribution is -0.121. The second-order valence-corrected chi connectivity index (χ2v) is 6.89. The van der Waals surface area contributed by atoms with Gasteiger partial charge in [-0.05, 0) is 55.0 Å². The van der Waals surface area contributed by atoms with E-state index in [2.05, 4.69) is 10.3 Å². The topological polar surface area (TPSA) is 62.3 Å². The third kappa shape index (κ3) is 5.36. The highest BCUT2D eigenvalue weighted by Gasteiger charge is 2.25. The Hall–Kier alpha value is -2.76. The van der Waals surface area contributed by atoms with E-state index in [4.69, 9.17) is 0 Å². The van der Waals surface area contributed by atoms with Crippen LogP contribution in [0.5, 0.6) is 0 Å². The van der Waals surface area contributed by atoms with Crippen molar-refractivity contribution in [3.63, 3.8) is 0 Å². The second-order valence-electron chi connectivity index (χ2n) is 6.89. The van der Waals surface area contributed by atoms with E-state index >= 15 is 0 Å². The monoisotopic (exact) mass is 369 g/mol. The van der Waals surface area contributed by atoms with Gasteiger partial charge in [-0.2, -0.15) is 0 Å². The molecule has 0 atom stereocenters. The number of nitrogens with one attached hydrogen (secondary N) is 1. The van der Waals surface area contributed by atoms with Crippen LogP contribution >= 0.6 is 0 Å². The van der Waals surface area contributed by atoms with E-state index in [1.165, 1.54) is 12.1 Å². The first kappa shape index (κ1) is 19.0. The number of halogens is 1. The summed E-state index contributed by atoms with van der Waals surface area (Å²) in [5, 5.41) is 2.92. The van der Waals surface area contributed by atoms with Crippen LogP contribution in [0.3, 0.4) is 0 Å². The molecule has 1 fully saturated rings. The maximum Gasteiger partial charge on any atom is 0.256 e. The number of hydrogen-bond acceptors (Lipinski definition) is 3. The van der Waals surface area contributed by atoms with Crippen LogP contribution in [0.4, 0.5) is 4.39 Å². The normalized spacial score (nSPS) is 14.8. The van der Waals surface area contributed by atoms with Gasteiger partial charge in [0.2, 0.25) is 5.91 Å². The second kappa shape index (κ2) is 9.26. The van der Waals surface area contributed by atoms with Gasteiger partial charge in [0.25, 0.3) is 5.91 Å². The molecule has 2 heterocycles. The van der Waals surface area contributed by atoms with E-state index in [0.29, 0.717) is 32.0 Å². The molecule has 3 rings (SSSR count). The van der Waals surface area contributed by atoms with E-state index < -0.39 is 5.82 Å². The Morgan fingerprint density at radius 1 is 1.11 bits per heavy atom. The highest BCUT2D eigenvalue weighted by Crippen LogP contribution is 2.23. The van der Waals surface area contributed by atoms with Gasteiger partial charge in [0.05, 0.1) is 5.56 Å². The minimum atomic E-state index is -0.476. The molecule has 0 spiro atoms. The number of benzene rings is 1. The van der Waals surface area contributed by atoms with E-state index in [9.17, 15) is 14.0 Å². The van der Waals surface area contributed by atoms with Gasteiger partial charge in [0.1, 0.15) is 5.82 Å². The molecule has 0 saturated carbocycles. The average molecular weight is 369 g/mol. The van der Waals surface area contributed by atoms with Gasteiger partial charge in [0, 0.05) is 38.4 Å². The molecule has 142 valence electrons. The van der Waals surface area contributed by atoms with Crippen LogP contribution in [0.2, 0.25) is 0 Å². The number of rotatable bonds is 6. The molecule has 1 saturated heterocycles. The van der Waals surface area contributed by atoms with Crippen molar-refractivity contribution in [1.82, 2.24) is 15.2 Å². The van der Waals surface area contributed by atoms with Crippen LogP contribution in [0.1, 0.15) is 41.6 Å². The van der Waals surface area contributed by atoms with Crippen LogP contribution in [-0.2, 0) is 11.3 Å². The summed E-state index contributed by atoms with van der Waals surface area (Å²) in [7, 11) is 0. The van der Waals surface area contributed by atoms with Gasteiger partial charge >= 0.3 is 0 Å². The molecule has 6 heteroatoms. The van der Waals surface area contributed by atoms with Gasteiger partial charge in [-0.15, -0.1) is 0 Å². The SMILES string of the molecule is O=C(CCC1CCN(C(=O)c2ccccc2F)CC1)NCc1ccncc1. The molecule has 5 nitrogen and oxygen atoms in total. The minimum Gasteiger partial charge on any atom is -0.352 e. The quantitative estimate of drug-likeness (QED) is 0.851. The molecule has 1 aliphatic rings. The van der Waals surface area contributed by atoms with Crippen LogP contribution in [-0.4, -0.2) is 34.8 Å². The van der Waals surface area contributed by atoms with E-state index in [-0.39, 0.29) is 17.4 Å². The Bertz CT molecular complexity index is 774. The van der Waals surface area contributed by atoms with E-state index in [0.717, 1.165) is 24.8 Å². The van der Waals surface area contributed by atoms with Crippen molar-refractivity contribution in [3.05, 3.63) is 65.7 Å². The largest absolute Gasteiger partial charge is 0.352 e. The zero-order valence-corrected chi connectivity index (χ0v) is 15.2. The summed E-state index contributed by atoms with van der Waals surface area (Å²) < 4.78 is 13.8. The first-order chi connectivity index (χ1) is 13.1. The molecular weight excluding hydrogens is 345 g/mol. The van der Waals surface area contributed by atoms with Crippen molar-refractivity contribution in [2.24, 2.45) is 5.92 Å². The first-order valence-corrected chi connectivity index (χ1v) is 9.33. The summed E-state index contributed by atoms with van der Waals surface area (Å²) in [4.78, 5) is 30.1. The Balaban J connectivity index is 1.39. The van der Waals surface area contributed by atoms with Gasteiger partial charge in [0.15, 0.2) is 0 Å². The van der Waals surface area contributed by atoms with Crippen molar-refractivity contribution < 1.29 is 14.0 Å². The lowest BCUT2D eigenvalue weighted by Gasteiger charge is -2.32. The van der Waals surface area contributed by atoms with Gasteiger partial charge in [-0.1, -0.05) is 12.1 Å². The predicted molar refractivity (Wildman–Crippen MR) is 100 cm³/mol. The number of likely N-dealkylation sites (tertiary alicyclic amines) is 1. The standard InChI is InChI=1S/C21H24FN3O2/c22-19-4-2-1-3-18(19)21(27)25-13-9-16(10-14-25)5-6-20(26)24-15-17-7-11-23-12-8-17/h1-4,7-8,11-12,16H,5-6,9-10,13-15H2,(H,24,26). The molecular formula is C21H24FN3O2. The molecule has 0 aliphatic carbocycles. The summed E-state index contributed by atoms with van der Waals surface area (Å²) in [6.45, 7) is 1.73. The van der Waals surface area contributed by atoms with Crippen LogP contribution in [0, 0.1) is 11.7 Å². The highest BCUT2D eigenvalue weighted by atomic mass is 19.1. The van der Waals surface area contributed by atoms with Crippen molar-refractivity contribution in [2.45, 2.75) is 32.2 Å². The summed E-state index contributed by atoms with van der Waals surface area (Å²) in [6.07, 6.45) is 6.40. The molecule has 0 bridgehead atoms. The number of nitrogens with zero attached hydrogens (tertiary/aromatic N) is 2. The maximum atomic E-state index is 13.8. The number of carbonyl (C=O) groups is 2. The number of hydrogen-bond donors (Lipinski definition) is 1. The molecule has 2 aromatic rings. The molecule has 2 amide bonds. The molecule has 1 aromatic heterocycles. The minimum absolute atomic E-state index is 0.0386. The zero-order chi connectivity index (χ0) is 19.1. The van der Waals surface area contributed by atoms with Crippen LogP contribution in [0.15, 0.2) is 48.8 Å². The average Bonchev–Trinajstić information content (AvgIpc) is 2.72. The fourth-order valence-corrected chi connectivity index (χ4v) is 3.35. The van der Waals surface area contributed by atoms with Crippen LogP contribution < -0.4 is 5.32 Å². The van der Waals surface area contributed by atoms with Crippen molar-refractivity contribution in [2.75, 3.05) is 13.1 Å². The van der Waals surface area contributed by atoms with Crippen molar-refractivity contribution >= 4 is 11.8 Å². The molecule has 27 heavy (non-hydrogen) atoms. The van der Waals surface area contributed by atoms with E-state index in [1.807, 2.05) is 12.1 Å². The lowest BCUT2D eigenvalue weighted by atomic mass is 9.91. The molecule has 0 radical (unpaired) electrons. The van der Waals surface area contributed by atoms with Gasteiger partial charge in [-0.25, -0.2) is 4.39 Å². The third-order valence-electron chi connectivity index (χ3n) is 5.02. The molecule has 1 aliphatic heterocycles. The Morgan fingerprint density at radius 2 is 1.81 bits per heavy atom. The predicted octanol–water partition coefficient (Wildman–Crippen LogP) is 3.17. The molecule has 0 unspecified atom stereocenters. The zero-order valence-electron chi connectivity index (χ0n) is 15.2. The summed E-state index contributed by atoms with van der Waals surface area (Å²) in [5.74, 6) is -0.268. The van der Waals surface area contributed by atoms with Crippen molar-refractivity contribution in [3.8, 4) is 0 Å². The Morgan fingerprint density at radius 3 is 2.52 bits per heavy atom. The summed E-state index contributed by atoms with van der Waals surface area (Å²) in [5.41, 5.74) is 1.16. The maximum absolute atomic E-state index is 13.8. The summed E-state index contributed by atoms with van der Waals surface area (Å²) >= 11 is 0. The third-order valence-corrected chi connectivity index (χ3v) is 5.02. The Kier molecular flexibility index (Phi) is 6.52. The molecule has 1 N–H and O–H groups in total. The number of amides is 2. The Labute approximate surface area is 158 Å². The number of piperidine rings is 1. The van der Waals surface area contributed by atoms with Gasteiger partial charge < -0.3 is 10.2 Å². The highest BCUT2D eigenvalue weighted by molar-refractivity contribution is 5.94. The molecule has 1 aromatic carbocycles. The number of carbonyl (C=O) groups excluding carboxylic acids is 2. The van der Waals surface area contributed by atoms with Crippen molar-refractivity contribution in [1.29, 1.82) is 0 Å². The fourth-order valence-electron chi connectivity index (χ4n) is 3.35. The number of pyridine rings is 1. The fraction of sp³-hybridized carbons (Fsp3) is 0.381. The van der Waals surface area contributed by atoms with Crippen LogP contribution in [0.25, 0.3) is 0 Å². The summed E-state index contributed by atoms with van der Waals surface area (Å²) in [6, 6.07) is 9.85. The number of aromatic nitrogens is 1. The first-order valence-electron chi connectivity index (χ1n) is 9.33. The van der Waals surface area contributed by atoms with Gasteiger partial charge in [-0.3, -0.25) is 14.6 Å². The lowest BCUT2D eigenvalue weighted by Crippen LogP contribution is -2.39.